The number of aromatic nitrogens is 4. The topological polar surface area (TPSA) is 72.7 Å². The largest absolute Gasteiger partial charge is 0.345 e. The molecule has 0 radical (unpaired) electrons. The molecule has 2 heterocycles. The number of hydrogen-bond acceptors (Lipinski definition) is 4. The number of halogens is 1. The van der Waals surface area contributed by atoms with Crippen LogP contribution < -0.4 is 5.32 Å². The van der Waals surface area contributed by atoms with Gasteiger partial charge in [-0.1, -0.05) is 11.6 Å². The van der Waals surface area contributed by atoms with Crippen molar-refractivity contribution in [2.45, 2.75) is 25.3 Å². The summed E-state index contributed by atoms with van der Waals surface area (Å²) in [6, 6.07) is 7.35. The Labute approximate surface area is 143 Å². The van der Waals surface area contributed by atoms with E-state index < -0.39 is 0 Å². The predicted octanol–water partition coefficient (Wildman–Crippen LogP) is 2.82. The van der Waals surface area contributed by atoms with Gasteiger partial charge in [0.2, 0.25) is 0 Å². The molecule has 1 saturated carbocycles. The Hall–Kier alpha value is -2.47. The Bertz CT molecular complexity index is 932. The number of nitrogens with zero attached hydrogens (tertiary/aromatic N) is 4. The number of amides is 1. The van der Waals surface area contributed by atoms with Gasteiger partial charge in [-0.05, 0) is 37.1 Å². The second-order valence-electron chi connectivity index (χ2n) is 6.01. The van der Waals surface area contributed by atoms with Crippen LogP contribution in [0, 0.1) is 0 Å². The number of aryl methyl sites for hydroxylation is 1. The number of benzene rings is 1. The smallest absolute Gasteiger partial charge is 0.252 e. The van der Waals surface area contributed by atoms with E-state index in [1.807, 2.05) is 12.1 Å². The minimum atomic E-state index is -0.158. The van der Waals surface area contributed by atoms with Gasteiger partial charge in [-0.2, -0.15) is 5.10 Å². The Kier molecular flexibility index (Phi) is 3.69. The van der Waals surface area contributed by atoms with Crippen molar-refractivity contribution in [3.8, 4) is 0 Å². The zero-order valence-electron chi connectivity index (χ0n) is 13.2. The molecule has 0 aliphatic heterocycles. The van der Waals surface area contributed by atoms with Gasteiger partial charge in [-0.3, -0.25) is 14.5 Å². The molecule has 0 saturated heterocycles. The number of carbonyl (C=O) groups is 1. The monoisotopic (exact) mass is 341 g/mol. The molecule has 3 aromatic rings. The third kappa shape index (κ3) is 2.85. The zero-order valence-corrected chi connectivity index (χ0v) is 13.9. The zero-order chi connectivity index (χ0) is 16.7. The summed E-state index contributed by atoms with van der Waals surface area (Å²) in [6.45, 7) is 0.318. The quantitative estimate of drug-likeness (QED) is 0.792. The third-order valence-corrected chi connectivity index (χ3v) is 4.48. The van der Waals surface area contributed by atoms with Crippen molar-refractivity contribution in [1.29, 1.82) is 0 Å². The van der Waals surface area contributed by atoms with E-state index in [-0.39, 0.29) is 5.91 Å². The number of nitrogens with one attached hydrogen (secondary N) is 1. The lowest BCUT2D eigenvalue weighted by molar-refractivity contribution is 0.0951. The van der Waals surface area contributed by atoms with Crippen LogP contribution in [0.5, 0.6) is 0 Å². The molecule has 0 bridgehead atoms. The Morgan fingerprint density at radius 2 is 2.21 bits per heavy atom. The Balaban J connectivity index is 1.69. The Morgan fingerprint density at radius 3 is 2.92 bits per heavy atom. The third-order valence-electron chi connectivity index (χ3n) is 4.24. The van der Waals surface area contributed by atoms with Crippen molar-refractivity contribution < 1.29 is 4.79 Å². The normalized spacial score (nSPS) is 14.1. The summed E-state index contributed by atoms with van der Waals surface area (Å²) < 4.78 is 1.64. The fraction of sp³-hybridized carbons (Fsp3) is 0.294. The summed E-state index contributed by atoms with van der Waals surface area (Å²) in [4.78, 5) is 21.5. The summed E-state index contributed by atoms with van der Waals surface area (Å²) in [6.07, 6.45) is 3.73. The fourth-order valence-electron chi connectivity index (χ4n) is 2.73. The molecule has 0 unspecified atom stereocenters. The molecule has 1 aromatic carbocycles. The molecule has 1 amide bonds. The summed E-state index contributed by atoms with van der Waals surface area (Å²) in [7, 11) is 1.79. The van der Waals surface area contributed by atoms with Crippen LogP contribution in [0.15, 0.2) is 30.6 Å². The van der Waals surface area contributed by atoms with Crippen LogP contribution in [0.2, 0.25) is 5.02 Å². The standard InChI is InChI=1S/C17H16ClN5O/c1-23-16(20-9-21-23)8-19-17(24)13-7-15(10-2-3-10)22-14-5-4-11(18)6-12(13)14/h4-7,9-10H,2-3,8H2,1H3,(H,19,24). The summed E-state index contributed by atoms with van der Waals surface area (Å²) >= 11 is 6.11. The molecule has 4 rings (SSSR count). The highest BCUT2D eigenvalue weighted by Gasteiger charge is 2.27. The van der Waals surface area contributed by atoms with Crippen molar-refractivity contribution in [3.63, 3.8) is 0 Å². The molecule has 122 valence electrons. The fourth-order valence-corrected chi connectivity index (χ4v) is 2.90. The first-order valence-corrected chi connectivity index (χ1v) is 8.21. The van der Waals surface area contributed by atoms with Gasteiger partial charge < -0.3 is 5.32 Å². The highest BCUT2D eigenvalue weighted by atomic mass is 35.5. The molecule has 24 heavy (non-hydrogen) atoms. The van der Waals surface area contributed by atoms with Gasteiger partial charge in [0.1, 0.15) is 12.2 Å². The second kappa shape index (κ2) is 5.87. The molecule has 6 nitrogen and oxygen atoms in total. The van der Waals surface area contributed by atoms with Gasteiger partial charge in [0, 0.05) is 29.1 Å². The van der Waals surface area contributed by atoms with E-state index in [0.717, 1.165) is 29.4 Å². The predicted molar refractivity (Wildman–Crippen MR) is 90.9 cm³/mol. The molecule has 0 spiro atoms. The van der Waals surface area contributed by atoms with Crippen LogP contribution in [0.25, 0.3) is 10.9 Å². The van der Waals surface area contributed by atoms with Gasteiger partial charge in [0.15, 0.2) is 0 Å². The molecule has 2 aromatic heterocycles. The molecule has 1 aliphatic rings. The highest BCUT2D eigenvalue weighted by Crippen LogP contribution is 2.40. The van der Waals surface area contributed by atoms with Gasteiger partial charge in [-0.15, -0.1) is 0 Å². The maximum Gasteiger partial charge on any atom is 0.252 e. The molecule has 1 N–H and O–H groups in total. The minimum absolute atomic E-state index is 0.158. The van der Waals surface area contributed by atoms with E-state index in [2.05, 4.69) is 20.4 Å². The maximum absolute atomic E-state index is 12.7. The highest BCUT2D eigenvalue weighted by molar-refractivity contribution is 6.31. The average molecular weight is 342 g/mol. The van der Waals surface area contributed by atoms with Crippen LogP contribution in [0.3, 0.4) is 0 Å². The molecule has 1 aliphatic carbocycles. The van der Waals surface area contributed by atoms with Crippen molar-refractivity contribution in [3.05, 3.63) is 52.7 Å². The van der Waals surface area contributed by atoms with Gasteiger partial charge in [0.05, 0.1) is 17.6 Å². The van der Waals surface area contributed by atoms with Crippen molar-refractivity contribution >= 4 is 28.4 Å². The first kappa shape index (κ1) is 15.1. The first-order chi connectivity index (χ1) is 11.6. The molecule has 0 atom stereocenters. The van der Waals surface area contributed by atoms with E-state index in [1.165, 1.54) is 6.33 Å². The lowest BCUT2D eigenvalue weighted by atomic mass is 10.1. The van der Waals surface area contributed by atoms with E-state index in [0.29, 0.717) is 28.9 Å². The van der Waals surface area contributed by atoms with Crippen molar-refractivity contribution in [1.82, 2.24) is 25.1 Å². The maximum atomic E-state index is 12.7. The van der Waals surface area contributed by atoms with Gasteiger partial charge in [-0.25, -0.2) is 4.98 Å². The molecule has 7 heteroatoms. The summed E-state index contributed by atoms with van der Waals surface area (Å²) in [5, 5.41) is 8.26. The number of carbonyl (C=O) groups excluding carboxylic acids is 1. The van der Waals surface area contributed by atoms with E-state index >= 15 is 0 Å². The van der Waals surface area contributed by atoms with E-state index in [9.17, 15) is 4.79 Å². The first-order valence-electron chi connectivity index (χ1n) is 7.83. The van der Waals surface area contributed by atoms with Gasteiger partial charge >= 0.3 is 0 Å². The lowest BCUT2D eigenvalue weighted by Crippen LogP contribution is -2.25. The second-order valence-corrected chi connectivity index (χ2v) is 6.45. The van der Waals surface area contributed by atoms with Crippen LogP contribution in [-0.4, -0.2) is 25.7 Å². The number of pyridine rings is 1. The van der Waals surface area contributed by atoms with Crippen LogP contribution in [-0.2, 0) is 13.6 Å². The number of rotatable bonds is 4. The number of hydrogen-bond donors (Lipinski definition) is 1. The van der Waals surface area contributed by atoms with Crippen molar-refractivity contribution in [2.24, 2.45) is 7.05 Å². The van der Waals surface area contributed by atoms with Crippen molar-refractivity contribution in [2.75, 3.05) is 0 Å². The van der Waals surface area contributed by atoms with E-state index in [1.54, 1.807) is 23.9 Å². The molecule has 1 fully saturated rings. The summed E-state index contributed by atoms with van der Waals surface area (Å²) in [5.41, 5.74) is 2.38. The summed E-state index contributed by atoms with van der Waals surface area (Å²) in [5.74, 6) is 1.01. The number of fused-ring (bicyclic) bond motifs is 1. The molecular formula is C17H16ClN5O. The SMILES string of the molecule is Cn1ncnc1CNC(=O)c1cc(C2CC2)nc2ccc(Cl)cc12. The molecular weight excluding hydrogens is 326 g/mol. The van der Waals surface area contributed by atoms with Gasteiger partial charge in [0.25, 0.3) is 5.91 Å². The van der Waals surface area contributed by atoms with Crippen LogP contribution >= 0.6 is 11.6 Å². The minimum Gasteiger partial charge on any atom is -0.345 e. The average Bonchev–Trinajstić information content (AvgIpc) is 3.34. The Morgan fingerprint density at radius 1 is 1.38 bits per heavy atom. The van der Waals surface area contributed by atoms with Crippen LogP contribution in [0.4, 0.5) is 0 Å². The lowest BCUT2D eigenvalue weighted by Gasteiger charge is -2.10. The van der Waals surface area contributed by atoms with E-state index in [4.69, 9.17) is 11.6 Å². The van der Waals surface area contributed by atoms with Crippen LogP contribution in [0.1, 0.15) is 40.6 Å².